The van der Waals surface area contributed by atoms with Crippen LogP contribution in [0.4, 0.5) is 41.8 Å². The van der Waals surface area contributed by atoms with Crippen molar-refractivity contribution in [2.45, 2.75) is 32.8 Å². The number of amides is 1. The SMILES string of the molecule is CCc1nn2ccc(N3CCN(CC(=O)N4CC(O)C4)CC3)cc2c1N(C)c1nc(-c2ccc(F)cc2)c(C#N)s1.[2H]c1cc(N2CCNCC2)cc2c(N(C)c3nc(-c4ccc(F)cc4)c(C#N)s3)c(CC)nn12. The molecule has 3 fully saturated rings. The number of aliphatic hydroxyl groups is 1. The molecule has 8 aromatic rings. The predicted octanol–water partition coefficient (Wildman–Crippen LogP) is 7.33. The molecule has 3 aliphatic heterocycles. The Morgan fingerprint density at radius 1 is 0.743 bits per heavy atom. The molecule has 3 saturated heterocycles. The Bertz CT molecular complexity index is 3450. The molecule has 2 aromatic carbocycles. The number of benzene rings is 2. The highest BCUT2D eigenvalue weighted by Gasteiger charge is 2.31. The van der Waals surface area contributed by atoms with Gasteiger partial charge in [-0.3, -0.25) is 9.69 Å². The lowest BCUT2D eigenvalue weighted by atomic mass is 10.1. The van der Waals surface area contributed by atoms with Crippen molar-refractivity contribution in [1.82, 2.24) is 44.3 Å². The number of fused-ring (bicyclic) bond motifs is 2. The molecule has 0 atom stereocenters. The van der Waals surface area contributed by atoms with Crippen LogP contribution in [0.1, 0.15) is 36.4 Å². The quantitative estimate of drug-likeness (QED) is 0.124. The van der Waals surface area contributed by atoms with Gasteiger partial charge in [-0.2, -0.15) is 20.7 Å². The summed E-state index contributed by atoms with van der Waals surface area (Å²) in [7, 11) is 3.84. The largest absolute Gasteiger partial charge is 0.389 e. The molecule has 21 heteroatoms. The average molecular weight is 1040 g/mol. The molecule has 0 bridgehead atoms. The van der Waals surface area contributed by atoms with Crippen molar-refractivity contribution in [1.29, 1.82) is 10.5 Å². The number of rotatable bonds is 12. The summed E-state index contributed by atoms with van der Waals surface area (Å²) in [6.07, 6.45) is 3.32. The molecule has 3 aliphatic rings. The van der Waals surface area contributed by atoms with E-state index in [1.165, 1.54) is 46.9 Å². The molecular formula is C53H55F2N15O2S2. The Kier molecular flexibility index (Phi) is 14.2. The van der Waals surface area contributed by atoms with Crippen molar-refractivity contribution >= 4 is 72.6 Å². The van der Waals surface area contributed by atoms with Crippen molar-refractivity contribution in [3.63, 3.8) is 0 Å². The summed E-state index contributed by atoms with van der Waals surface area (Å²) in [5.41, 5.74) is 9.88. The van der Waals surface area contributed by atoms with E-state index in [1.54, 1.807) is 33.7 Å². The fourth-order valence-corrected chi connectivity index (χ4v) is 11.3. The number of thiazole rings is 2. The van der Waals surface area contributed by atoms with Gasteiger partial charge < -0.3 is 34.9 Å². The van der Waals surface area contributed by atoms with E-state index in [2.05, 4.69) is 57.3 Å². The molecule has 0 saturated carbocycles. The second kappa shape index (κ2) is 21.5. The average Bonchev–Trinajstić information content (AvgIpc) is 4.26. The van der Waals surface area contributed by atoms with Crippen molar-refractivity contribution in [3.8, 4) is 34.7 Å². The molecule has 0 spiro atoms. The number of carbonyl (C=O) groups is 1. The molecule has 0 unspecified atom stereocenters. The smallest absolute Gasteiger partial charge is 0.236 e. The molecular weight excluding hydrogens is 981 g/mol. The van der Waals surface area contributed by atoms with Crippen LogP contribution in [0.15, 0.2) is 85.2 Å². The third-order valence-electron chi connectivity index (χ3n) is 13.6. The third-order valence-corrected chi connectivity index (χ3v) is 15.7. The van der Waals surface area contributed by atoms with Crippen molar-refractivity contribution < 1.29 is 20.1 Å². The van der Waals surface area contributed by atoms with Crippen LogP contribution in [-0.2, 0) is 17.6 Å². The highest BCUT2D eigenvalue weighted by molar-refractivity contribution is 7.17. The lowest BCUT2D eigenvalue weighted by Crippen LogP contribution is -2.57. The number of pyridine rings is 2. The van der Waals surface area contributed by atoms with Gasteiger partial charge in [0.15, 0.2) is 10.3 Å². The van der Waals surface area contributed by atoms with Gasteiger partial charge in [-0.15, -0.1) is 0 Å². The van der Waals surface area contributed by atoms with Crippen molar-refractivity contribution in [2.24, 2.45) is 0 Å². The molecule has 9 heterocycles. The van der Waals surface area contributed by atoms with Crippen molar-refractivity contribution in [3.05, 3.63) is 118 Å². The predicted molar refractivity (Wildman–Crippen MR) is 286 cm³/mol. The number of halogens is 2. The van der Waals surface area contributed by atoms with Crippen LogP contribution < -0.4 is 24.9 Å². The minimum Gasteiger partial charge on any atom is -0.389 e. The number of aryl methyl sites for hydroxylation is 2. The number of nitrogens with zero attached hydrogens (tertiary/aromatic N) is 14. The number of piperazine rings is 2. The number of nitrogens with one attached hydrogen (secondary N) is 1. The summed E-state index contributed by atoms with van der Waals surface area (Å²) in [5, 5.41) is 43.2. The molecule has 1 amide bonds. The number of likely N-dealkylation sites (tertiary alicyclic amines) is 1. The van der Waals surface area contributed by atoms with E-state index in [9.17, 15) is 29.2 Å². The standard InChI is InChI=1S/C29H31FN8O2S.C24H24FN7S/c1-3-23-28(34(2)29-32-27(25(15-31)41-29)19-4-6-20(30)7-5-19)24-14-21(8-9-38(24)33-23)36-12-10-35(11-13-36)18-26(40)37-16-22(39)17-37;1-3-19-23(20-14-18(8-11-32(20)29-19)31-12-9-27-10-13-31)30(2)24-28-22(21(15-26)33-24)16-4-6-17(25)7-5-16/h4-9,14,22,39H,3,10-13,16-18H2,1-2H3;4-8,11,14,27H,3,9-10,12-13H2,1-2H3/i;11D. The lowest BCUT2D eigenvalue weighted by molar-refractivity contribution is -0.142. The third kappa shape index (κ3) is 10.1. The summed E-state index contributed by atoms with van der Waals surface area (Å²) in [6, 6.07) is 24.6. The number of β-amino-alcohol motifs (C(OH)–C–C–N with tert-alkyl or cyclic N) is 1. The maximum absolute atomic E-state index is 13.5. The van der Waals surface area contributed by atoms with Gasteiger partial charge in [-0.25, -0.2) is 27.8 Å². The van der Waals surface area contributed by atoms with E-state index in [-0.39, 0.29) is 23.6 Å². The summed E-state index contributed by atoms with van der Waals surface area (Å²) >= 11 is 2.59. The van der Waals surface area contributed by atoms with E-state index < -0.39 is 0 Å². The zero-order valence-electron chi connectivity index (χ0n) is 42.5. The van der Waals surface area contributed by atoms with Crippen LogP contribution in [-0.4, -0.2) is 142 Å². The van der Waals surface area contributed by atoms with Gasteiger partial charge in [0, 0.05) is 114 Å². The number of nitriles is 2. The van der Waals surface area contributed by atoms with Crippen molar-refractivity contribution in [2.75, 3.05) is 106 Å². The molecule has 0 aliphatic carbocycles. The lowest BCUT2D eigenvalue weighted by Gasteiger charge is -2.39. The molecule has 0 radical (unpaired) electrons. The van der Waals surface area contributed by atoms with Gasteiger partial charge in [0.1, 0.15) is 44.9 Å². The van der Waals surface area contributed by atoms with E-state index in [0.29, 0.717) is 74.8 Å². The summed E-state index contributed by atoms with van der Waals surface area (Å²) in [4.78, 5) is 35.3. The summed E-state index contributed by atoms with van der Waals surface area (Å²) in [5.74, 6) is -0.592. The van der Waals surface area contributed by atoms with Gasteiger partial charge in [0.2, 0.25) is 5.91 Å². The van der Waals surface area contributed by atoms with E-state index in [1.807, 2.05) is 47.6 Å². The van der Waals surface area contributed by atoms with Crippen LogP contribution in [0.3, 0.4) is 0 Å². The number of hydrogen-bond acceptors (Lipinski definition) is 16. The molecule has 74 heavy (non-hydrogen) atoms. The number of aromatic nitrogens is 6. The maximum Gasteiger partial charge on any atom is 0.236 e. The number of hydrogen-bond donors (Lipinski definition) is 2. The first-order valence-corrected chi connectivity index (χ1v) is 26.2. The monoisotopic (exact) mass is 1040 g/mol. The number of carbonyl (C=O) groups excluding carboxylic acids is 1. The van der Waals surface area contributed by atoms with E-state index >= 15 is 0 Å². The van der Waals surface area contributed by atoms with Crippen LogP contribution in [0.25, 0.3) is 33.5 Å². The number of anilines is 6. The molecule has 17 nitrogen and oxygen atoms in total. The first kappa shape index (κ1) is 48.7. The molecule has 380 valence electrons. The zero-order chi connectivity index (χ0) is 52.5. The first-order chi connectivity index (χ1) is 36.3. The molecule has 11 rings (SSSR count). The van der Waals surface area contributed by atoms with Gasteiger partial charge in [0.05, 0.1) is 47.8 Å². The van der Waals surface area contributed by atoms with Crippen LogP contribution >= 0.6 is 22.7 Å². The van der Waals surface area contributed by atoms with Crippen LogP contribution in [0.2, 0.25) is 0 Å². The topological polar surface area (TPSA) is 177 Å². The Balaban J connectivity index is 0.000000174. The molecule has 6 aromatic heterocycles. The zero-order valence-corrected chi connectivity index (χ0v) is 43.1. The minimum absolute atomic E-state index is 0.0773. The first-order valence-electron chi connectivity index (χ1n) is 25.1. The van der Waals surface area contributed by atoms with Gasteiger partial charge >= 0.3 is 0 Å². The van der Waals surface area contributed by atoms with Gasteiger partial charge in [0.25, 0.3) is 0 Å². The fraction of sp³-hybridized carbons (Fsp3) is 0.340. The Morgan fingerprint density at radius 2 is 1.23 bits per heavy atom. The van der Waals surface area contributed by atoms with Gasteiger partial charge in [-0.05, 0) is 85.6 Å². The normalized spacial score (nSPS) is 15.4. The number of aliphatic hydroxyl groups excluding tert-OH is 1. The highest BCUT2D eigenvalue weighted by atomic mass is 32.1. The Morgan fingerprint density at radius 3 is 1.73 bits per heavy atom. The Labute approximate surface area is 436 Å². The van der Waals surface area contributed by atoms with Gasteiger partial charge in [-0.1, -0.05) is 36.5 Å². The summed E-state index contributed by atoms with van der Waals surface area (Å²) in [6.45, 7) is 12.1. The van der Waals surface area contributed by atoms with E-state index in [0.717, 1.165) is 104 Å². The molecule has 2 N–H and O–H groups in total. The highest BCUT2D eigenvalue weighted by Crippen LogP contribution is 2.41. The summed E-state index contributed by atoms with van der Waals surface area (Å²) < 4.78 is 39.1. The van der Waals surface area contributed by atoms with Crippen LogP contribution in [0.5, 0.6) is 0 Å². The minimum atomic E-state index is -0.382. The fourth-order valence-electron chi connectivity index (χ4n) is 9.56. The van der Waals surface area contributed by atoms with Crippen LogP contribution in [0, 0.1) is 34.3 Å². The van der Waals surface area contributed by atoms with E-state index in [4.69, 9.17) is 21.5 Å². The maximum atomic E-state index is 13.5. The second-order valence-electron chi connectivity index (χ2n) is 18.3. The Hall–Kier alpha value is -7.53. The second-order valence-corrected chi connectivity index (χ2v) is 20.3.